The SMILES string of the molecule is Cc1nc(N)ccc1CNC(=O)[C@H](C)NC(=O)[C@H]1CC(Cc2ccc(F)cc2)(Cc2ccc(F)cc2)CN1.O=C(O)C(F)(F)F.O=C(O)C(F)(F)F. The molecule has 0 saturated carbocycles. The molecule has 1 aromatic heterocycles. The molecule has 19 heteroatoms. The number of hydrogen-bond acceptors (Lipinski definition) is 7. The van der Waals surface area contributed by atoms with E-state index in [1.165, 1.54) is 24.3 Å². The minimum Gasteiger partial charge on any atom is -0.475 e. The summed E-state index contributed by atoms with van der Waals surface area (Å²) < 4.78 is 90.4. The van der Waals surface area contributed by atoms with E-state index in [1.807, 2.05) is 13.0 Å². The molecule has 2 aromatic carbocycles. The Morgan fingerprint density at radius 1 is 0.865 bits per heavy atom. The average Bonchev–Trinajstić information content (AvgIpc) is 3.46. The fourth-order valence-corrected chi connectivity index (χ4v) is 5.02. The summed E-state index contributed by atoms with van der Waals surface area (Å²) in [6.07, 6.45) is -8.42. The van der Waals surface area contributed by atoms with Crippen molar-refractivity contribution in [2.45, 2.75) is 64.1 Å². The number of carbonyl (C=O) groups is 4. The zero-order valence-electron chi connectivity index (χ0n) is 27.5. The van der Waals surface area contributed by atoms with E-state index in [0.29, 0.717) is 31.6 Å². The number of benzene rings is 2. The van der Waals surface area contributed by atoms with Crippen LogP contribution in [0.5, 0.6) is 0 Å². The quantitative estimate of drug-likeness (QED) is 0.172. The summed E-state index contributed by atoms with van der Waals surface area (Å²) in [7, 11) is 0. The van der Waals surface area contributed by atoms with Crippen LogP contribution in [0.2, 0.25) is 0 Å². The molecule has 1 fully saturated rings. The van der Waals surface area contributed by atoms with Crippen LogP contribution in [-0.2, 0) is 38.6 Å². The van der Waals surface area contributed by atoms with Gasteiger partial charge < -0.3 is 31.9 Å². The van der Waals surface area contributed by atoms with Crippen LogP contribution in [0.15, 0.2) is 60.7 Å². The first-order valence-corrected chi connectivity index (χ1v) is 15.1. The summed E-state index contributed by atoms with van der Waals surface area (Å²) >= 11 is 0. The number of nitrogen functional groups attached to an aromatic ring is 1. The molecule has 0 bridgehead atoms. The molecule has 0 spiro atoms. The zero-order valence-corrected chi connectivity index (χ0v) is 27.5. The van der Waals surface area contributed by atoms with Crippen molar-refractivity contribution in [1.82, 2.24) is 20.9 Å². The number of aryl methyl sites for hydroxylation is 1. The highest BCUT2D eigenvalue weighted by Gasteiger charge is 2.42. The molecule has 2 atom stereocenters. The predicted molar refractivity (Wildman–Crippen MR) is 169 cm³/mol. The lowest BCUT2D eigenvalue weighted by Crippen LogP contribution is -2.50. The Labute approximate surface area is 291 Å². The molecule has 2 amide bonds. The molecule has 52 heavy (non-hydrogen) atoms. The molecule has 2 heterocycles. The van der Waals surface area contributed by atoms with Gasteiger partial charge in [0.15, 0.2) is 0 Å². The van der Waals surface area contributed by atoms with Crippen molar-refractivity contribution in [3.8, 4) is 0 Å². The van der Waals surface area contributed by atoms with E-state index in [-0.39, 0.29) is 35.4 Å². The molecule has 1 aliphatic heterocycles. The molecule has 284 valence electrons. The fourth-order valence-electron chi connectivity index (χ4n) is 5.02. The molecular formula is C33H35F8N5O6. The van der Waals surface area contributed by atoms with Gasteiger partial charge in [0.25, 0.3) is 0 Å². The van der Waals surface area contributed by atoms with Crippen LogP contribution in [0.1, 0.15) is 35.7 Å². The second kappa shape index (κ2) is 18.2. The van der Waals surface area contributed by atoms with Crippen LogP contribution in [0.3, 0.4) is 0 Å². The molecule has 0 unspecified atom stereocenters. The van der Waals surface area contributed by atoms with Gasteiger partial charge in [-0.15, -0.1) is 0 Å². The smallest absolute Gasteiger partial charge is 0.475 e. The maximum atomic E-state index is 13.5. The number of carbonyl (C=O) groups excluding carboxylic acids is 2. The number of carboxylic acid groups (broad SMARTS) is 2. The van der Waals surface area contributed by atoms with Crippen molar-refractivity contribution in [3.63, 3.8) is 0 Å². The number of amides is 2. The normalized spacial score (nSPS) is 15.5. The number of hydrogen-bond donors (Lipinski definition) is 6. The van der Waals surface area contributed by atoms with Gasteiger partial charge in [-0.1, -0.05) is 30.3 Å². The number of anilines is 1. The number of pyridine rings is 1. The first kappa shape index (κ1) is 42.8. The number of rotatable bonds is 9. The van der Waals surface area contributed by atoms with Crippen molar-refractivity contribution in [3.05, 3.63) is 94.7 Å². The third-order valence-corrected chi connectivity index (χ3v) is 7.57. The van der Waals surface area contributed by atoms with Gasteiger partial charge in [0.05, 0.1) is 6.04 Å². The maximum Gasteiger partial charge on any atom is 0.490 e. The second-order valence-corrected chi connectivity index (χ2v) is 11.8. The lowest BCUT2D eigenvalue weighted by Gasteiger charge is -2.29. The molecule has 4 rings (SSSR count). The zero-order chi connectivity index (χ0) is 39.4. The van der Waals surface area contributed by atoms with Gasteiger partial charge in [0.2, 0.25) is 11.8 Å². The van der Waals surface area contributed by atoms with Crippen molar-refractivity contribution in [2.75, 3.05) is 12.3 Å². The summed E-state index contributed by atoms with van der Waals surface area (Å²) in [5.74, 6) is -6.29. The number of halogens is 8. The molecule has 3 aromatic rings. The number of carboxylic acids is 2. The summed E-state index contributed by atoms with van der Waals surface area (Å²) in [5, 5.41) is 23.2. The standard InChI is InChI=1S/C29H33F2N5O2.2C2HF3O2/c1-18-22(7-12-26(32)35-18)16-33-27(37)19(2)36-28(38)25-15-29(17-34-25,13-20-3-8-23(30)9-4-20)14-21-5-10-24(31)11-6-21;2*3-2(4,5)1(6)7/h3-12,19,25,34H,13-17H2,1-2H3,(H2,32,35)(H,33,37)(H,36,38);2*(H,6,7)/t19-,25+;;/m0../s1. The maximum absolute atomic E-state index is 13.5. The number of alkyl halides is 6. The summed E-state index contributed by atoms with van der Waals surface area (Å²) in [6, 6.07) is 14.9. The molecule has 1 saturated heterocycles. The monoisotopic (exact) mass is 749 g/mol. The van der Waals surface area contributed by atoms with E-state index in [9.17, 15) is 44.7 Å². The Morgan fingerprint density at radius 2 is 1.31 bits per heavy atom. The largest absolute Gasteiger partial charge is 0.490 e. The number of nitrogens with one attached hydrogen (secondary N) is 3. The minimum atomic E-state index is -5.08. The van der Waals surface area contributed by atoms with Gasteiger partial charge >= 0.3 is 24.3 Å². The van der Waals surface area contributed by atoms with Crippen molar-refractivity contribution in [2.24, 2.45) is 5.41 Å². The van der Waals surface area contributed by atoms with Crippen LogP contribution in [0.25, 0.3) is 0 Å². The first-order valence-electron chi connectivity index (χ1n) is 15.1. The lowest BCUT2D eigenvalue weighted by atomic mass is 9.75. The van der Waals surface area contributed by atoms with Crippen molar-refractivity contribution >= 4 is 29.6 Å². The Hall–Kier alpha value is -5.33. The lowest BCUT2D eigenvalue weighted by molar-refractivity contribution is -0.193. The highest BCUT2D eigenvalue weighted by atomic mass is 19.4. The van der Waals surface area contributed by atoms with Crippen LogP contribution in [0.4, 0.5) is 40.9 Å². The van der Waals surface area contributed by atoms with E-state index in [1.54, 1.807) is 37.3 Å². The number of nitrogens with zero attached hydrogens (tertiary/aromatic N) is 1. The van der Waals surface area contributed by atoms with Crippen LogP contribution in [0, 0.1) is 24.0 Å². The molecule has 0 aliphatic carbocycles. The van der Waals surface area contributed by atoms with E-state index in [0.717, 1.165) is 22.4 Å². The highest BCUT2D eigenvalue weighted by Crippen LogP contribution is 2.37. The van der Waals surface area contributed by atoms with Crippen molar-refractivity contribution in [1.29, 1.82) is 0 Å². The van der Waals surface area contributed by atoms with E-state index in [4.69, 9.17) is 25.5 Å². The Bertz CT molecular complexity index is 1610. The molecule has 11 nitrogen and oxygen atoms in total. The van der Waals surface area contributed by atoms with Crippen LogP contribution >= 0.6 is 0 Å². The highest BCUT2D eigenvalue weighted by molar-refractivity contribution is 5.89. The summed E-state index contributed by atoms with van der Waals surface area (Å²) in [4.78, 5) is 47.8. The Morgan fingerprint density at radius 3 is 1.71 bits per heavy atom. The average molecular weight is 750 g/mol. The van der Waals surface area contributed by atoms with Crippen LogP contribution < -0.4 is 21.7 Å². The van der Waals surface area contributed by atoms with Crippen molar-refractivity contribution < 1.29 is 64.5 Å². The van der Waals surface area contributed by atoms with Gasteiger partial charge in [0.1, 0.15) is 23.5 Å². The van der Waals surface area contributed by atoms with E-state index in [2.05, 4.69) is 20.9 Å². The van der Waals surface area contributed by atoms with E-state index >= 15 is 0 Å². The van der Waals surface area contributed by atoms with Crippen LogP contribution in [-0.4, -0.2) is 69.9 Å². The minimum absolute atomic E-state index is 0.266. The third kappa shape index (κ3) is 14.1. The van der Waals surface area contributed by atoms with Gasteiger partial charge in [-0.05, 0) is 85.5 Å². The van der Waals surface area contributed by atoms with Gasteiger partial charge in [-0.2, -0.15) is 26.3 Å². The first-order chi connectivity index (χ1) is 24.0. The second-order valence-electron chi connectivity index (χ2n) is 11.8. The number of nitrogens with two attached hydrogens (primary N) is 1. The van der Waals surface area contributed by atoms with E-state index < -0.39 is 36.4 Å². The summed E-state index contributed by atoms with van der Waals surface area (Å²) in [6.45, 7) is 4.28. The predicted octanol–water partition coefficient (Wildman–Crippen LogP) is 4.47. The Balaban J connectivity index is 0.000000564. The van der Waals surface area contributed by atoms with Gasteiger partial charge in [0, 0.05) is 18.8 Å². The van der Waals surface area contributed by atoms with Gasteiger partial charge in [-0.3, -0.25) is 9.59 Å². The third-order valence-electron chi connectivity index (χ3n) is 7.57. The van der Waals surface area contributed by atoms with Gasteiger partial charge in [-0.25, -0.2) is 23.4 Å². The summed E-state index contributed by atoms with van der Waals surface area (Å²) in [5.41, 5.74) is 8.82. The number of aliphatic carboxylic acids is 2. The number of aromatic nitrogens is 1. The topological polar surface area (TPSA) is 184 Å². The molecule has 7 N–H and O–H groups in total. The molecule has 1 aliphatic rings. The Kier molecular flexibility index (Phi) is 15.0. The molecule has 0 radical (unpaired) electrons. The molecular weight excluding hydrogens is 714 g/mol. The fraction of sp³-hybridized carbons (Fsp3) is 0.364.